The van der Waals surface area contributed by atoms with Crippen molar-refractivity contribution in [2.24, 2.45) is 11.8 Å². The van der Waals surface area contributed by atoms with Crippen molar-refractivity contribution in [1.29, 1.82) is 5.26 Å². The fourth-order valence-corrected chi connectivity index (χ4v) is 5.24. The molecule has 0 saturated carbocycles. The van der Waals surface area contributed by atoms with E-state index in [9.17, 15) is 10.4 Å². The van der Waals surface area contributed by atoms with Crippen molar-refractivity contribution in [2.75, 3.05) is 49.5 Å². The second-order valence-electron chi connectivity index (χ2n) is 8.66. The number of β-amino-alcohol motifs (C(OH)–C–C–N with tert-alkyl or cyclic N) is 1. The van der Waals surface area contributed by atoms with E-state index < -0.39 is 0 Å². The first kappa shape index (κ1) is 23.1. The van der Waals surface area contributed by atoms with Crippen LogP contribution in [0.4, 0.5) is 11.6 Å². The number of nitriles is 1. The van der Waals surface area contributed by atoms with Gasteiger partial charge in [0.05, 0.1) is 18.8 Å². The number of halogens is 2. The van der Waals surface area contributed by atoms with Gasteiger partial charge in [0.2, 0.25) is 0 Å². The minimum atomic E-state index is -0.166. The lowest BCUT2D eigenvalue weighted by Crippen LogP contribution is -2.54. The molecule has 2 aliphatic heterocycles. The van der Waals surface area contributed by atoms with E-state index in [4.69, 9.17) is 28.2 Å². The van der Waals surface area contributed by atoms with Crippen molar-refractivity contribution in [3.8, 4) is 6.07 Å². The molecule has 0 radical (unpaired) electrons. The largest absolute Gasteiger partial charge is 0.395 e. The maximum absolute atomic E-state index is 9.50. The standard InChI is InChI=1S/C23H28Cl2N6O/c1-15(19-5-4-18(24)9-20(19)25)28-23-21(10-26)27-11-22(29-23)31-13-17(14-31)16-3-2-6-30(12-16)7-8-32/h4-5,9,11,15-17,32H,2-3,6-8,12-14H2,1H3,(H,28,29)/t15-,16+/m1/s1. The van der Waals surface area contributed by atoms with Gasteiger partial charge in [-0.1, -0.05) is 29.3 Å². The number of nitrogens with zero attached hydrogens (tertiary/aromatic N) is 5. The molecule has 0 spiro atoms. The summed E-state index contributed by atoms with van der Waals surface area (Å²) in [6.07, 6.45) is 4.11. The van der Waals surface area contributed by atoms with Gasteiger partial charge in [0.25, 0.3) is 0 Å². The molecule has 170 valence electrons. The predicted molar refractivity (Wildman–Crippen MR) is 127 cm³/mol. The van der Waals surface area contributed by atoms with Crippen LogP contribution >= 0.6 is 23.2 Å². The van der Waals surface area contributed by atoms with E-state index in [1.165, 1.54) is 12.8 Å². The molecule has 3 heterocycles. The molecule has 2 saturated heterocycles. The van der Waals surface area contributed by atoms with Crippen LogP contribution in [0.15, 0.2) is 24.4 Å². The summed E-state index contributed by atoms with van der Waals surface area (Å²) >= 11 is 12.4. The smallest absolute Gasteiger partial charge is 0.183 e. The molecular weight excluding hydrogens is 447 g/mol. The van der Waals surface area contributed by atoms with Gasteiger partial charge in [-0.3, -0.25) is 0 Å². The highest BCUT2D eigenvalue weighted by molar-refractivity contribution is 6.35. The summed E-state index contributed by atoms with van der Waals surface area (Å²) in [4.78, 5) is 13.6. The normalized spacial score (nSPS) is 20.5. The number of hydrogen-bond donors (Lipinski definition) is 2. The molecule has 0 unspecified atom stereocenters. The molecule has 1 aromatic heterocycles. The second-order valence-corrected chi connectivity index (χ2v) is 9.50. The van der Waals surface area contributed by atoms with Gasteiger partial charge in [0, 0.05) is 36.2 Å². The van der Waals surface area contributed by atoms with Gasteiger partial charge >= 0.3 is 0 Å². The van der Waals surface area contributed by atoms with Gasteiger partial charge in [-0.15, -0.1) is 0 Å². The summed E-state index contributed by atoms with van der Waals surface area (Å²) < 4.78 is 0. The third kappa shape index (κ3) is 5.10. The Labute approximate surface area is 199 Å². The first-order valence-corrected chi connectivity index (χ1v) is 11.8. The number of hydrogen-bond acceptors (Lipinski definition) is 7. The van der Waals surface area contributed by atoms with Crippen molar-refractivity contribution >= 4 is 34.8 Å². The number of likely N-dealkylation sites (tertiary alicyclic amines) is 1. The molecule has 2 aromatic rings. The summed E-state index contributed by atoms with van der Waals surface area (Å²) in [5, 5.41) is 23.2. The Kier molecular flexibility index (Phi) is 7.37. The first-order chi connectivity index (χ1) is 15.5. The Bertz CT molecular complexity index is 989. The van der Waals surface area contributed by atoms with Crippen molar-refractivity contribution in [3.63, 3.8) is 0 Å². The Hall–Kier alpha value is -2.11. The molecule has 0 bridgehead atoms. The van der Waals surface area contributed by atoms with Crippen LogP contribution in [0.1, 0.15) is 37.1 Å². The highest BCUT2D eigenvalue weighted by Crippen LogP contribution is 2.34. The van der Waals surface area contributed by atoms with Crippen LogP contribution in [0, 0.1) is 23.2 Å². The van der Waals surface area contributed by atoms with E-state index >= 15 is 0 Å². The van der Waals surface area contributed by atoms with Crippen LogP contribution in [-0.4, -0.2) is 59.3 Å². The molecule has 2 atom stereocenters. The zero-order chi connectivity index (χ0) is 22.7. The number of piperidine rings is 1. The summed E-state index contributed by atoms with van der Waals surface area (Å²) in [5.41, 5.74) is 1.13. The molecule has 9 heteroatoms. The molecule has 1 aromatic carbocycles. The molecule has 0 amide bonds. The number of aliphatic hydroxyl groups is 1. The van der Waals surface area contributed by atoms with Crippen LogP contribution in [0.2, 0.25) is 10.0 Å². The maximum Gasteiger partial charge on any atom is 0.183 e. The average molecular weight is 475 g/mol. The Morgan fingerprint density at radius 2 is 2.09 bits per heavy atom. The molecule has 2 fully saturated rings. The number of nitrogens with one attached hydrogen (secondary N) is 1. The Morgan fingerprint density at radius 1 is 1.28 bits per heavy atom. The Morgan fingerprint density at radius 3 is 2.81 bits per heavy atom. The van der Waals surface area contributed by atoms with Gasteiger partial charge in [-0.2, -0.15) is 5.26 Å². The number of benzene rings is 1. The molecular formula is C23H28Cl2N6O. The molecule has 2 aliphatic rings. The predicted octanol–water partition coefficient (Wildman–Crippen LogP) is 3.97. The lowest BCUT2D eigenvalue weighted by molar-refractivity contribution is 0.101. The summed E-state index contributed by atoms with van der Waals surface area (Å²) in [6.45, 7) is 6.97. The number of aliphatic hydroxyl groups excluding tert-OH is 1. The highest BCUT2D eigenvalue weighted by Gasteiger charge is 2.36. The van der Waals surface area contributed by atoms with Crippen LogP contribution in [0.5, 0.6) is 0 Å². The summed E-state index contributed by atoms with van der Waals surface area (Å²) in [7, 11) is 0. The van der Waals surface area contributed by atoms with Gasteiger partial charge in [0.1, 0.15) is 11.9 Å². The zero-order valence-electron chi connectivity index (χ0n) is 18.1. The molecule has 0 aliphatic carbocycles. The van der Waals surface area contributed by atoms with Crippen LogP contribution in [0.3, 0.4) is 0 Å². The molecule has 2 N–H and O–H groups in total. The lowest BCUT2D eigenvalue weighted by Gasteiger charge is -2.47. The highest BCUT2D eigenvalue weighted by atomic mass is 35.5. The number of anilines is 2. The maximum atomic E-state index is 9.50. The quantitative estimate of drug-likeness (QED) is 0.627. The monoisotopic (exact) mass is 474 g/mol. The van der Waals surface area contributed by atoms with E-state index in [2.05, 4.69) is 26.2 Å². The van der Waals surface area contributed by atoms with E-state index in [-0.39, 0.29) is 18.3 Å². The number of aromatic nitrogens is 2. The summed E-state index contributed by atoms with van der Waals surface area (Å²) in [6, 6.07) is 7.32. The first-order valence-electron chi connectivity index (χ1n) is 11.0. The van der Waals surface area contributed by atoms with E-state index in [0.717, 1.165) is 44.1 Å². The van der Waals surface area contributed by atoms with Crippen LogP contribution in [-0.2, 0) is 0 Å². The summed E-state index contributed by atoms with van der Waals surface area (Å²) in [5.74, 6) is 2.51. The van der Waals surface area contributed by atoms with E-state index in [1.54, 1.807) is 18.3 Å². The van der Waals surface area contributed by atoms with Gasteiger partial charge in [-0.05, 0) is 55.8 Å². The van der Waals surface area contributed by atoms with Crippen molar-refractivity contribution < 1.29 is 5.11 Å². The molecule has 7 nitrogen and oxygen atoms in total. The van der Waals surface area contributed by atoms with Crippen LogP contribution in [0.25, 0.3) is 0 Å². The lowest BCUT2D eigenvalue weighted by atomic mass is 9.80. The average Bonchev–Trinajstić information content (AvgIpc) is 2.73. The van der Waals surface area contributed by atoms with Gasteiger partial charge in [-0.25, -0.2) is 9.97 Å². The van der Waals surface area contributed by atoms with E-state index in [1.807, 2.05) is 13.0 Å². The second kappa shape index (κ2) is 10.2. The third-order valence-electron chi connectivity index (χ3n) is 6.51. The minimum absolute atomic E-state index is 0.166. The zero-order valence-corrected chi connectivity index (χ0v) is 19.6. The Balaban J connectivity index is 1.42. The SMILES string of the molecule is C[C@@H](Nc1nc(N2CC([C@H]3CCCN(CCO)C3)C2)cnc1C#N)c1ccc(Cl)cc1Cl. The van der Waals surface area contributed by atoms with Crippen molar-refractivity contribution in [1.82, 2.24) is 14.9 Å². The fourth-order valence-electron chi connectivity index (χ4n) is 4.67. The third-order valence-corrected chi connectivity index (χ3v) is 7.07. The van der Waals surface area contributed by atoms with Crippen LogP contribution < -0.4 is 10.2 Å². The van der Waals surface area contributed by atoms with Crippen molar-refractivity contribution in [2.45, 2.75) is 25.8 Å². The van der Waals surface area contributed by atoms with Gasteiger partial charge < -0.3 is 20.2 Å². The van der Waals surface area contributed by atoms with Gasteiger partial charge in [0.15, 0.2) is 11.5 Å². The van der Waals surface area contributed by atoms with E-state index in [0.29, 0.717) is 27.7 Å². The van der Waals surface area contributed by atoms with Crippen molar-refractivity contribution in [3.05, 3.63) is 45.7 Å². The minimum Gasteiger partial charge on any atom is -0.395 e. The number of rotatable bonds is 7. The molecule has 4 rings (SSSR count). The fraction of sp³-hybridized carbons (Fsp3) is 0.522. The molecule has 32 heavy (non-hydrogen) atoms. The topological polar surface area (TPSA) is 88.3 Å².